The number of phenols is 3. The van der Waals surface area contributed by atoms with Gasteiger partial charge in [-0.2, -0.15) is 0 Å². The van der Waals surface area contributed by atoms with E-state index in [4.69, 9.17) is 9.47 Å². The summed E-state index contributed by atoms with van der Waals surface area (Å²) in [6.07, 6.45) is 15.6. The number of Topliss-reactive ketones (excluding diaryl/α,β-unsaturated/α-hetero) is 2. The molecule has 4 unspecified atom stereocenters. The summed E-state index contributed by atoms with van der Waals surface area (Å²) in [6.45, 7) is 6.04. The number of esters is 1. The number of allylic oxidation sites excluding steroid dienone is 2. The lowest BCUT2D eigenvalue weighted by atomic mass is 9.82. The lowest BCUT2D eigenvalue weighted by Gasteiger charge is -2.32. The van der Waals surface area contributed by atoms with E-state index in [1.165, 1.54) is 31.2 Å². The highest BCUT2D eigenvalue weighted by molar-refractivity contribution is 5.95. The first-order chi connectivity index (χ1) is 29.4. The minimum Gasteiger partial charge on any atom is -0.508 e. The minimum atomic E-state index is -0.647. The fraction of sp³-hybridized carbons (Fsp3) is 0.367. The number of nitrogens with one attached hydrogen (secondary N) is 2. The molecule has 0 amide bonds. The van der Waals surface area contributed by atoms with Gasteiger partial charge in [0.15, 0.2) is 11.5 Å². The third kappa shape index (κ3) is 9.96. The number of H-pyrrole nitrogens is 1. The summed E-state index contributed by atoms with van der Waals surface area (Å²) >= 11 is 0. The molecule has 0 radical (unpaired) electrons. The van der Waals surface area contributed by atoms with Gasteiger partial charge in [-0.25, -0.2) is 0 Å². The third-order valence-electron chi connectivity index (χ3n) is 12.1. The van der Waals surface area contributed by atoms with Gasteiger partial charge < -0.3 is 44.6 Å². The molecule has 12 nitrogen and oxygen atoms in total. The lowest BCUT2D eigenvalue weighted by Crippen LogP contribution is -2.35. The zero-order valence-electron chi connectivity index (χ0n) is 35.3. The van der Waals surface area contributed by atoms with Crippen molar-refractivity contribution in [2.75, 3.05) is 25.1 Å². The van der Waals surface area contributed by atoms with Crippen LogP contribution in [0.4, 0.5) is 5.69 Å². The average molecular weight is 829 g/mol. The normalized spacial score (nSPS) is 20.2. The van der Waals surface area contributed by atoms with Crippen LogP contribution in [-0.2, 0) is 32.0 Å². The second-order valence-electron chi connectivity index (χ2n) is 16.4. The number of fused-ring (bicyclic) bond motifs is 3. The smallest absolute Gasteiger partial charge is 0.302 e. The Balaban J connectivity index is 1.40. The van der Waals surface area contributed by atoms with E-state index in [1.54, 1.807) is 19.1 Å². The number of anilines is 1. The molecule has 4 bridgehead atoms. The highest BCUT2D eigenvalue weighted by Crippen LogP contribution is 2.42. The van der Waals surface area contributed by atoms with Gasteiger partial charge in [0.1, 0.15) is 29.2 Å². The average Bonchev–Trinajstić information content (AvgIpc) is 3.88. The quantitative estimate of drug-likeness (QED) is 0.0756. The first kappa shape index (κ1) is 42.7. The lowest BCUT2D eigenvalue weighted by molar-refractivity contribution is -0.148. The summed E-state index contributed by atoms with van der Waals surface area (Å²) in [4.78, 5) is 44.8. The first-order valence-electron chi connectivity index (χ1n) is 21.2. The van der Waals surface area contributed by atoms with Crippen LogP contribution in [0.15, 0.2) is 103 Å². The minimum absolute atomic E-state index is 0.00326. The van der Waals surface area contributed by atoms with Crippen molar-refractivity contribution in [1.29, 1.82) is 0 Å². The number of hydrogen-bond acceptors (Lipinski definition) is 10. The van der Waals surface area contributed by atoms with E-state index in [2.05, 4.69) is 52.7 Å². The molecule has 2 aliphatic rings. The van der Waals surface area contributed by atoms with Crippen LogP contribution in [0.5, 0.6) is 23.0 Å². The number of nitrogens with zero attached hydrogens (tertiary/aromatic N) is 2. The molecule has 3 aromatic carbocycles. The standard InChI is InChI=1S/C49H56N4O8/c1-5-32-12-13-41(61-31(3)55)24-40(57)25-45(36-21-46(58)49(59)47(22-36)60-4)52-28-35-9-7-11-44(43(35)29-52)53(17-15-30(2)54)48-23-34(14-16-51-48)42(33-8-6-10-39(56)19-33)20-38-27-50-26-37(38)18-32/h6-11,14,19,21-23,26-29,32,41-42,45,50-51,56,58-59H,5,12-13,15-18,20,24-25H2,1-4H3. The van der Waals surface area contributed by atoms with Crippen LogP contribution in [-0.4, -0.2) is 68.7 Å². The molecule has 0 saturated heterocycles. The Hall–Kier alpha value is -6.43. The number of phenolic OH excluding ortho intramolecular Hbond substituents is 3. The number of aromatic amines is 1. The number of hydrogen-bond donors (Lipinski definition) is 5. The molecule has 2 aliphatic heterocycles. The number of methoxy groups -OCH3 is 1. The van der Waals surface area contributed by atoms with Crippen molar-refractivity contribution in [3.05, 3.63) is 125 Å². The Bertz CT molecular complexity index is 2460. The maximum Gasteiger partial charge on any atom is 0.302 e. The largest absolute Gasteiger partial charge is 0.508 e. The van der Waals surface area contributed by atoms with Gasteiger partial charge in [-0.05, 0) is 103 Å². The van der Waals surface area contributed by atoms with E-state index in [0.717, 1.165) is 52.7 Å². The highest BCUT2D eigenvalue weighted by Gasteiger charge is 2.28. The zero-order valence-corrected chi connectivity index (χ0v) is 35.3. The van der Waals surface area contributed by atoms with Crippen molar-refractivity contribution >= 4 is 34.0 Å². The van der Waals surface area contributed by atoms with Crippen molar-refractivity contribution < 1.29 is 39.2 Å². The fourth-order valence-electron chi connectivity index (χ4n) is 8.91. The van der Waals surface area contributed by atoms with Gasteiger partial charge in [0.05, 0.1) is 18.8 Å². The van der Waals surface area contributed by atoms with Crippen LogP contribution in [0, 0.1) is 5.92 Å². The third-order valence-corrected chi connectivity index (χ3v) is 12.1. The summed E-state index contributed by atoms with van der Waals surface area (Å²) < 4.78 is 13.2. The number of carbonyl (C=O) groups excluding carboxylic acids is 3. The summed E-state index contributed by atoms with van der Waals surface area (Å²) in [5.74, 6) is -0.0993. The number of benzene rings is 3. The van der Waals surface area contributed by atoms with Gasteiger partial charge in [0.2, 0.25) is 5.75 Å². The Labute approximate surface area is 356 Å². The summed E-state index contributed by atoms with van der Waals surface area (Å²) in [6, 6.07) is 15.8. The number of ketones is 2. The molecule has 4 heterocycles. The molecule has 61 heavy (non-hydrogen) atoms. The van der Waals surface area contributed by atoms with Crippen molar-refractivity contribution in [1.82, 2.24) is 14.9 Å². The van der Waals surface area contributed by atoms with Crippen molar-refractivity contribution in [3.8, 4) is 23.0 Å². The molecule has 2 aromatic heterocycles. The number of aromatic hydroxyl groups is 3. The van der Waals surface area contributed by atoms with Crippen LogP contribution < -0.4 is 15.0 Å². The monoisotopic (exact) mass is 828 g/mol. The van der Waals surface area contributed by atoms with Crippen molar-refractivity contribution in [2.24, 2.45) is 5.92 Å². The van der Waals surface area contributed by atoms with Crippen LogP contribution >= 0.6 is 0 Å². The molecule has 0 spiro atoms. The number of rotatable bonds is 8. The van der Waals surface area contributed by atoms with Crippen LogP contribution in [0.2, 0.25) is 0 Å². The van der Waals surface area contributed by atoms with E-state index < -0.39 is 23.9 Å². The number of carbonyl (C=O) groups is 3. The van der Waals surface area contributed by atoms with Gasteiger partial charge in [-0.15, -0.1) is 0 Å². The maximum atomic E-state index is 14.2. The second kappa shape index (κ2) is 18.9. The number of dihydropyridines is 1. The van der Waals surface area contributed by atoms with E-state index in [0.29, 0.717) is 37.9 Å². The fourth-order valence-corrected chi connectivity index (χ4v) is 8.91. The van der Waals surface area contributed by atoms with Crippen molar-refractivity contribution in [3.63, 3.8) is 0 Å². The molecule has 320 valence electrons. The van der Waals surface area contributed by atoms with Crippen LogP contribution in [0.1, 0.15) is 93.5 Å². The molecule has 5 N–H and O–H groups in total. The van der Waals surface area contributed by atoms with E-state index in [-0.39, 0.29) is 53.5 Å². The molecule has 0 saturated carbocycles. The SMILES string of the molecule is CCC1CCC(OC(C)=O)CC(=O)CC(c2cc(O)c(O)c(OC)c2)n2cc3cccc(c3c2)N(CCC(C)=O)C2=CC(=CCN2)C(c2cccc(O)c2)Cc2c[nH]cc2C1. The topological polar surface area (TPSA) is 166 Å². The molecule has 7 rings (SSSR count). The van der Waals surface area contributed by atoms with Crippen LogP contribution in [0.25, 0.3) is 10.8 Å². The van der Waals surface area contributed by atoms with Gasteiger partial charge in [-0.3, -0.25) is 14.4 Å². The van der Waals surface area contributed by atoms with E-state index in [1.807, 2.05) is 47.3 Å². The second-order valence-corrected chi connectivity index (χ2v) is 16.4. The molecular formula is C49H56N4O8. The molecule has 0 aliphatic carbocycles. The molecule has 4 atom stereocenters. The van der Waals surface area contributed by atoms with Crippen molar-refractivity contribution in [2.45, 2.75) is 90.2 Å². The summed E-state index contributed by atoms with van der Waals surface area (Å²) in [7, 11) is 1.40. The Morgan fingerprint density at radius 2 is 1.69 bits per heavy atom. The van der Waals surface area contributed by atoms with Crippen LogP contribution in [0.3, 0.4) is 0 Å². The molecule has 12 heteroatoms. The van der Waals surface area contributed by atoms with Gasteiger partial charge >= 0.3 is 5.97 Å². The predicted molar refractivity (Wildman–Crippen MR) is 235 cm³/mol. The Morgan fingerprint density at radius 3 is 2.43 bits per heavy atom. The van der Waals surface area contributed by atoms with Gasteiger partial charge in [-0.1, -0.05) is 43.7 Å². The zero-order chi connectivity index (χ0) is 43.2. The predicted octanol–water partition coefficient (Wildman–Crippen LogP) is 8.51. The maximum absolute atomic E-state index is 14.2. The van der Waals surface area contributed by atoms with Gasteiger partial charge in [0.25, 0.3) is 0 Å². The summed E-state index contributed by atoms with van der Waals surface area (Å²) in [5, 5.41) is 37.4. The Kier molecular flexibility index (Phi) is 13.2. The van der Waals surface area contributed by atoms with Gasteiger partial charge in [0, 0.05) is 80.8 Å². The molecule has 5 aromatic rings. The van der Waals surface area contributed by atoms with E-state index in [9.17, 15) is 29.7 Å². The number of aromatic nitrogens is 2. The summed E-state index contributed by atoms with van der Waals surface area (Å²) in [5.41, 5.74) is 5.80. The molecular weight excluding hydrogens is 773 g/mol. The Morgan fingerprint density at radius 1 is 0.902 bits per heavy atom. The molecule has 0 fully saturated rings. The highest BCUT2D eigenvalue weighted by atomic mass is 16.5. The van der Waals surface area contributed by atoms with E-state index >= 15 is 0 Å². The number of ether oxygens (including phenoxy) is 2. The first-order valence-corrected chi connectivity index (χ1v) is 21.2.